The molecule has 0 bridgehead atoms. The van der Waals surface area contributed by atoms with Gasteiger partial charge in [0.15, 0.2) is 6.61 Å². The van der Waals surface area contributed by atoms with Gasteiger partial charge in [-0.15, -0.1) is 11.3 Å². The number of para-hydroxylation sites is 2. The van der Waals surface area contributed by atoms with Crippen molar-refractivity contribution in [3.05, 3.63) is 56.8 Å². The van der Waals surface area contributed by atoms with Gasteiger partial charge in [0.1, 0.15) is 5.69 Å². The first-order valence-corrected chi connectivity index (χ1v) is 10.3. The van der Waals surface area contributed by atoms with Crippen LogP contribution in [0.5, 0.6) is 0 Å². The number of piperidine rings is 1. The molecule has 1 saturated heterocycles. The lowest BCUT2D eigenvalue weighted by atomic mass is 9.96. The van der Waals surface area contributed by atoms with Crippen molar-refractivity contribution in [2.45, 2.75) is 25.8 Å². The maximum absolute atomic E-state index is 12.3. The molecule has 1 aliphatic rings. The largest absolute Gasteiger partial charge is 0.455 e. The molecule has 1 N–H and O–H groups in total. The zero-order chi connectivity index (χ0) is 20.8. The number of hydrogen-bond acceptors (Lipinski definition) is 7. The molecule has 1 aromatic carbocycles. The Balaban J connectivity index is 1.45. The van der Waals surface area contributed by atoms with Crippen LogP contribution >= 0.6 is 11.3 Å². The van der Waals surface area contributed by atoms with E-state index < -0.39 is 10.9 Å². The summed E-state index contributed by atoms with van der Waals surface area (Å²) >= 11 is 1.55. The predicted octanol–water partition coefficient (Wildman–Crippen LogP) is 3.29. The van der Waals surface area contributed by atoms with Crippen molar-refractivity contribution >= 4 is 34.6 Å². The minimum Gasteiger partial charge on any atom is -0.455 e. The Hall–Kier alpha value is -2.94. The number of amides is 1. The van der Waals surface area contributed by atoms with Crippen molar-refractivity contribution in [2.24, 2.45) is 5.92 Å². The van der Waals surface area contributed by atoms with Crippen molar-refractivity contribution in [1.82, 2.24) is 5.32 Å². The summed E-state index contributed by atoms with van der Waals surface area (Å²) in [6, 6.07) is 10.3. The molecule has 0 unspecified atom stereocenters. The monoisotopic (exact) mass is 417 g/mol. The van der Waals surface area contributed by atoms with E-state index in [0.29, 0.717) is 31.6 Å². The van der Waals surface area contributed by atoms with Gasteiger partial charge in [0, 0.05) is 24.0 Å². The summed E-state index contributed by atoms with van der Waals surface area (Å²) in [7, 11) is 0. The summed E-state index contributed by atoms with van der Waals surface area (Å²) in [5.41, 5.74) is 0.622. The zero-order valence-corrected chi connectivity index (χ0v) is 16.9. The molecule has 0 radical (unpaired) electrons. The molecule has 0 spiro atoms. The molecule has 0 saturated carbocycles. The number of nitro benzene ring substituents is 1. The topological polar surface area (TPSA) is 102 Å². The summed E-state index contributed by atoms with van der Waals surface area (Å²) < 4.78 is 5.19. The van der Waals surface area contributed by atoms with E-state index in [0.717, 1.165) is 4.88 Å². The highest BCUT2D eigenvalue weighted by atomic mass is 32.1. The highest BCUT2D eigenvalue weighted by Gasteiger charge is 2.29. The number of hydrogen-bond donors (Lipinski definition) is 1. The Morgan fingerprint density at radius 2 is 2.00 bits per heavy atom. The van der Waals surface area contributed by atoms with E-state index >= 15 is 0 Å². The molecule has 1 aromatic heterocycles. The second-order valence-corrected chi connectivity index (χ2v) is 7.90. The molecule has 29 heavy (non-hydrogen) atoms. The number of carbonyl (C=O) groups excluding carboxylic acids is 2. The fourth-order valence-corrected chi connectivity index (χ4v) is 4.12. The van der Waals surface area contributed by atoms with Crippen LogP contribution < -0.4 is 10.2 Å². The second kappa shape index (κ2) is 9.51. The fourth-order valence-electron chi connectivity index (χ4n) is 3.39. The van der Waals surface area contributed by atoms with E-state index in [2.05, 4.69) is 5.32 Å². The number of thiophene rings is 1. The molecule has 9 heteroatoms. The number of benzene rings is 1. The molecule has 3 rings (SSSR count). The first-order valence-electron chi connectivity index (χ1n) is 9.43. The Kier molecular flexibility index (Phi) is 6.82. The number of nitro groups is 1. The molecule has 1 aliphatic heterocycles. The molecule has 1 atom stereocenters. The summed E-state index contributed by atoms with van der Waals surface area (Å²) in [6.07, 6.45) is 1.05. The van der Waals surface area contributed by atoms with E-state index in [1.807, 2.05) is 29.3 Å². The molecule has 0 aliphatic carbocycles. The van der Waals surface area contributed by atoms with Gasteiger partial charge in [0.25, 0.3) is 11.6 Å². The first kappa shape index (κ1) is 20.8. The highest BCUT2D eigenvalue weighted by Crippen LogP contribution is 2.31. The standard InChI is InChI=1S/C20H23N3O5S/c1-14(18-7-4-12-29-18)21-19(24)13-28-20(25)15-8-10-22(11-9-15)16-5-2-3-6-17(16)23(26)27/h2-7,12,14-15H,8-11,13H2,1H3,(H,21,24)/t14-/m0/s1. The van der Waals surface area contributed by atoms with E-state index in [1.54, 1.807) is 29.5 Å². The third kappa shape index (κ3) is 5.32. The van der Waals surface area contributed by atoms with E-state index in [1.165, 1.54) is 6.07 Å². The first-order chi connectivity index (χ1) is 14.0. The van der Waals surface area contributed by atoms with Crippen LogP contribution in [-0.4, -0.2) is 36.5 Å². The van der Waals surface area contributed by atoms with Gasteiger partial charge in [0.2, 0.25) is 0 Å². The summed E-state index contributed by atoms with van der Waals surface area (Å²) in [6.45, 7) is 2.61. The number of ether oxygens (including phenoxy) is 1. The zero-order valence-electron chi connectivity index (χ0n) is 16.1. The number of carbonyl (C=O) groups is 2. The second-order valence-electron chi connectivity index (χ2n) is 6.92. The Morgan fingerprint density at radius 3 is 2.66 bits per heavy atom. The molecule has 154 valence electrons. The van der Waals surface area contributed by atoms with Crippen molar-refractivity contribution in [2.75, 3.05) is 24.6 Å². The van der Waals surface area contributed by atoms with Crippen molar-refractivity contribution in [3.63, 3.8) is 0 Å². The Bertz CT molecular complexity index is 863. The minimum absolute atomic E-state index is 0.0602. The van der Waals surface area contributed by atoms with Crippen LogP contribution in [0.3, 0.4) is 0 Å². The van der Waals surface area contributed by atoms with Crippen LogP contribution in [0.4, 0.5) is 11.4 Å². The molecular formula is C20H23N3O5S. The molecule has 1 fully saturated rings. The molecular weight excluding hydrogens is 394 g/mol. The Morgan fingerprint density at radius 1 is 1.28 bits per heavy atom. The van der Waals surface area contributed by atoms with E-state index in [4.69, 9.17) is 4.74 Å². The SMILES string of the molecule is C[C@H](NC(=O)COC(=O)C1CCN(c2ccccc2[N+](=O)[O-])CC1)c1cccs1. The maximum atomic E-state index is 12.3. The number of nitrogens with one attached hydrogen (secondary N) is 1. The molecule has 2 aromatic rings. The maximum Gasteiger partial charge on any atom is 0.309 e. The van der Waals surface area contributed by atoms with E-state index in [9.17, 15) is 19.7 Å². The number of rotatable bonds is 7. The average molecular weight is 417 g/mol. The lowest BCUT2D eigenvalue weighted by molar-refractivity contribution is -0.384. The molecule has 8 nitrogen and oxygen atoms in total. The van der Waals surface area contributed by atoms with Gasteiger partial charge in [-0.2, -0.15) is 0 Å². The summed E-state index contributed by atoms with van der Waals surface area (Å²) in [4.78, 5) is 38.1. The third-order valence-corrected chi connectivity index (χ3v) is 6.00. The van der Waals surface area contributed by atoms with Gasteiger partial charge < -0.3 is 15.0 Å². The van der Waals surface area contributed by atoms with Crippen LogP contribution in [0.15, 0.2) is 41.8 Å². The van der Waals surface area contributed by atoms with Crippen LogP contribution in [0, 0.1) is 16.0 Å². The summed E-state index contributed by atoms with van der Waals surface area (Å²) in [5.74, 6) is -1.04. The van der Waals surface area contributed by atoms with Crippen molar-refractivity contribution < 1.29 is 19.2 Å². The number of nitrogens with zero attached hydrogens (tertiary/aromatic N) is 2. The van der Waals surface area contributed by atoms with Crippen LogP contribution in [-0.2, 0) is 14.3 Å². The quantitative estimate of drug-likeness (QED) is 0.421. The van der Waals surface area contributed by atoms with Gasteiger partial charge in [-0.05, 0) is 37.3 Å². The highest BCUT2D eigenvalue weighted by molar-refractivity contribution is 7.10. The Labute approximate surface area is 172 Å². The van der Waals surface area contributed by atoms with Gasteiger partial charge >= 0.3 is 5.97 Å². The molecule has 1 amide bonds. The lowest BCUT2D eigenvalue weighted by Gasteiger charge is -2.32. The predicted molar refractivity (Wildman–Crippen MR) is 110 cm³/mol. The van der Waals surface area contributed by atoms with Gasteiger partial charge in [0.05, 0.1) is 16.9 Å². The minimum atomic E-state index is -0.397. The fraction of sp³-hybridized carbons (Fsp3) is 0.400. The van der Waals surface area contributed by atoms with E-state index in [-0.39, 0.29) is 30.2 Å². The lowest BCUT2D eigenvalue weighted by Crippen LogP contribution is -2.38. The van der Waals surface area contributed by atoms with Gasteiger partial charge in [-0.3, -0.25) is 19.7 Å². The van der Waals surface area contributed by atoms with Crippen molar-refractivity contribution in [3.8, 4) is 0 Å². The average Bonchev–Trinajstić information content (AvgIpc) is 3.27. The van der Waals surface area contributed by atoms with Crippen molar-refractivity contribution in [1.29, 1.82) is 0 Å². The van der Waals surface area contributed by atoms with Gasteiger partial charge in [-0.25, -0.2) is 0 Å². The summed E-state index contributed by atoms with van der Waals surface area (Å²) in [5, 5.41) is 16.0. The smallest absolute Gasteiger partial charge is 0.309 e. The normalized spacial score (nSPS) is 15.6. The number of anilines is 1. The van der Waals surface area contributed by atoms with Crippen LogP contribution in [0.2, 0.25) is 0 Å². The molecule has 2 heterocycles. The van der Waals surface area contributed by atoms with Crippen LogP contribution in [0.25, 0.3) is 0 Å². The third-order valence-electron chi connectivity index (χ3n) is 4.94. The number of esters is 1. The van der Waals surface area contributed by atoms with Gasteiger partial charge in [-0.1, -0.05) is 18.2 Å². The van der Waals surface area contributed by atoms with Crippen LogP contribution in [0.1, 0.15) is 30.7 Å².